The lowest BCUT2D eigenvalue weighted by Gasteiger charge is -2.43. The molecule has 6 rings (SSSR count). The third kappa shape index (κ3) is 4.67. The summed E-state index contributed by atoms with van der Waals surface area (Å²) in [5.74, 6) is -0.168. The van der Waals surface area contributed by atoms with Gasteiger partial charge < -0.3 is 9.80 Å². The Balaban J connectivity index is 1.23. The van der Waals surface area contributed by atoms with E-state index in [1.807, 2.05) is 65.2 Å². The van der Waals surface area contributed by atoms with Gasteiger partial charge >= 0.3 is 0 Å². The van der Waals surface area contributed by atoms with E-state index in [4.69, 9.17) is 0 Å². The summed E-state index contributed by atoms with van der Waals surface area (Å²) in [6.07, 6.45) is 1.34. The van der Waals surface area contributed by atoms with Gasteiger partial charge in [-0.25, -0.2) is 9.07 Å². The van der Waals surface area contributed by atoms with Crippen molar-refractivity contribution in [1.82, 2.24) is 19.2 Å². The first kappa shape index (κ1) is 26.5. The molecule has 0 N–H and O–H groups in total. The summed E-state index contributed by atoms with van der Waals surface area (Å²) in [4.78, 5) is 33.6. The van der Waals surface area contributed by atoms with Gasteiger partial charge in [0.1, 0.15) is 15.8 Å². The lowest BCUT2D eigenvalue weighted by molar-refractivity contribution is -0.134. The Morgan fingerprint density at radius 2 is 1.43 bits per heavy atom. The Hall–Kier alpha value is -3.69. The summed E-state index contributed by atoms with van der Waals surface area (Å²) in [7, 11) is 1.91. The van der Waals surface area contributed by atoms with Crippen molar-refractivity contribution in [2.45, 2.75) is 31.5 Å². The van der Waals surface area contributed by atoms with Crippen LogP contribution in [0.2, 0.25) is 0 Å². The molecule has 0 aliphatic carbocycles. The van der Waals surface area contributed by atoms with Crippen molar-refractivity contribution in [3.8, 4) is 5.69 Å². The molecule has 2 aliphatic rings. The third-order valence-corrected chi connectivity index (χ3v) is 9.05. The monoisotopic (exact) mass is 603 g/mol. The average Bonchev–Trinajstić information content (AvgIpc) is 3.36. The van der Waals surface area contributed by atoms with Crippen molar-refractivity contribution >= 4 is 27.5 Å². The van der Waals surface area contributed by atoms with Gasteiger partial charge in [0.15, 0.2) is 0 Å². The third-order valence-electron chi connectivity index (χ3n) is 8.25. The Bertz CT molecular complexity index is 1560. The first-order valence-electron chi connectivity index (χ1n) is 13.5. The highest BCUT2D eigenvalue weighted by Gasteiger charge is 2.53. The minimum atomic E-state index is -0.642. The van der Waals surface area contributed by atoms with Crippen molar-refractivity contribution in [1.29, 1.82) is 0 Å². The number of piperidine rings is 1. The first-order chi connectivity index (χ1) is 19.4. The van der Waals surface area contributed by atoms with Crippen molar-refractivity contribution in [2.75, 3.05) is 24.7 Å². The maximum absolute atomic E-state index is 14.1. The second-order valence-electron chi connectivity index (χ2n) is 10.6. The fourth-order valence-corrected chi connectivity index (χ4v) is 6.62. The van der Waals surface area contributed by atoms with E-state index < -0.39 is 5.54 Å². The number of halogens is 2. The van der Waals surface area contributed by atoms with E-state index in [2.05, 4.69) is 37.9 Å². The van der Waals surface area contributed by atoms with Crippen molar-refractivity contribution in [3.05, 3.63) is 117 Å². The number of anilines is 1. The second-order valence-corrected chi connectivity index (χ2v) is 11.4. The number of hydrogen-bond donors (Lipinski definition) is 0. The van der Waals surface area contributed by atoms with Gasteiger partial charge in [-0.05, 0) is 70.7 Å². The normalized spacial score (nSPS) is 17.2. The van der Waals surface area contributed by atoms with Crippen LogP contribution in [-0.2, 0) is 24.9 Å². The fraction of sp³-hybridized carbons (Fsp3) is 0.290. The number of hydrogen-bond acceptors (Lipinski definition) is 4. The summed E-state index contributed by atoms with van der Waals surface area (Å²) < 4.78 is 17.6. The number of nitrogens with zero attached hydrogens (tertiary/aromatic N) is 5. The molecule has 2 fully saturated rings. The van der Waals surface area contributed by atoms with Crippen LogP contribution in [0.15, 0.2) is 94.2 Å². The highest BCUT2D eigenvalue weighted by Crippen LogP contribution is 2.40. The van der Waals surface area contributed by atoms with Crippen molar-refractivity contribution in [3.63, 3.8) is 0 Å². The number of aromatic nitrogens is 2. The summed E-state index contributed by atoms with van der Waals surface area (Å²) in [5, 5.41) is 0. The van der Waals surface area contributed by atoms with Gasteiger partial charge in [0, 0.05) is 38.9 Å². The smallest absolute Gasteiger partial charge is 0.286 e. The topological polar surface area (TPSA) is 53.7 Å². The molecule has 0 unspecified atom stereocenters. The number of carbonyl (C=O) groups excluding carboxylic acids is 1. The first-order valence-corrected chi connectivity index (χ1v) is 14.3. The molecule has 3 heterocycles. The summed E-state index contributed by atoms with van der Waals surface area (Å²) in [5.41, 5.74) is 2.92. The lowest BCUT2D eigenvalue weighted by Crippen LogP contribution is -2.56. The van der Waals surface area contributed by atoms with Crippen LogP contribution in [0.3, 0.4) is 0 Å². The Morgan fingerprint density at radius 3 is 2.05 bits per heavy atom. The molecule has 9 heteroatoms. The molecular formula is C31H31BrFN5O2. The molecule has 1 spiro atoms. The van der Waals surface area contributed by atoms with E-state index in [0.717, 1.165) is 35.7 Å². The van der Waals surface area contributed by atoms with Crippen LogP contribution >= 0.6 is 15.9 Å². The van der Waals surface area contributed by atoms with E-state index >= 15 is 0 Å². The number of carbonyl (C=O) groups is 1. The second kappa shape index (κ2) is 10.7. The van der Waals surface area contributed by atoms with Gasteiger partial charge in [0.05, 0.1) is 18.1 Å². The molecule has 4 aromatic rings. The van der Waals surface area contributed by atoms with Gasteiger partial charge in [-0.3, -0.25) is 19.2 Å². The van der Waals surface area contributed by atoms with E-state index in [0.29, 0.717) is 37.1 Å². The summed E-state index contributed by atoms with van der Waals surface area (Å²) >= 11 is 3.56. The molecule has 3 aromatic carbocycles. The van der Waals surface area contributed by atoms with Crippen LogP contribution in [0, 0.1) is 5.82 Å². The molecule has 0 atom stereocenters. The molecule has 0 saturated carbocycles. The van der Waals surface area contributed by atoms with Crippen LogP contribution in [-0.4, -0.2) is 50.4 Å². The van der Waals surface area contributed by atoms with E-state index in [9.17, 15) is 14.0 Å². The Labute approximate surface area is 241 Å². The highest BCUT2D eigenvalue weighted by atomic mass is 79.9. The maximum atomic E-state index is 14.1. The highest BCUT2D eigenvalue weighted by molar-refractivity contribution is 9.10. The Morgan fingerprint density at radius 1 is 0.825 bits per heavy atom. The largest absolute Gasteiger partial charge is 0.339 e. The van der Waals surface area contributed by atoms with Gasteiger partial charge in [-0.1, -0.05) is 48.5 Å². The molecule has 2 saturated heterocycles. The van der Waals surface area contributed by atoms with Gasteiger partial charge in [-0.15, -0.1) is 0 Å². The molecule has 1 amide bonds. The minimum absolute atomic E-state index is 0.0881. The van der Waals surface area contributed by atoms with Crippen LogP contribution in [0.1, 0.15) is 24.1 Å². The minimum Gasteiger partial charge on any atom is -0.339 e. The Kier molecular flexibility index (Phi) is 7.10. The van der Waals surface area contributed by atoms with Crippen molar-refractivity contribution in [2.24, 2.45) is 7.05 Å². The van der Waals surface area contributed by atoms with Crippen molar-refractivity contribution < 1.29 is 9.18 Å². The van der Waals surface area contributed by atoms with Crippen LogP contribution in [0.25, 0.3) is 5.69 Å². The van der Waals surface area contributed by atoms with Crippen LogP contribution < -0.4 is 10.5 Å². The summed E-state index contributed by atoms with van der Waals surface area (Å²) in [6, 6.07) is 26.1. The maximum Gasteiger partial charge on any atom is 0.286 e. The quantitative estimate of drug-likeness (QED) is 0.314. The number of para-hydroxylation sites is 2. The SMILES string of the molecule is Cn1c(CN2CCC3(CC2)C(=O)N(Cc2ccc(F)cc2)CN3c2ccccc2)c(Br)c(=O)n1-c1ccccc1. The lowest BCUT2D eigenvalue weighted by atomic mass is 9.85. The molecule has 206 valence electrons. The number of benzene rings is 3. The van der Waals surface area contributed by atoms with E-state index in [1.165, 1.54) is 12.1 Å². The standard InChI is InChI=1S/C31H31BrFN5O2/c1-34-27(28(32)29(39)38(34)26-10-6-3-7-11-26)21-35-18-16-31(17-19-35)30(40)36(20-23-12-14-24(33)15-13-23)22-37(31)25-8-4-2-5-9-25/h2-15H,16-22H2,1H3. The molecule has 0 bridgehead atoms. The van der Waals surface area contributed by atoms with E-state index in [1.54, 1.807) is 16.8 Å². The molecule has 7 nitrogen and oxygen atoms in total. The average molecular weight is 605 g/mol. The molecule has 1 aromatic heterocycles. The van der Waals surface area contributed by atoms with Gasteiger partial charge in [0.25, 0.3) is 5.56 Å². The zero-order chi connectivity index (χ0) is 27.9. The van der Waals surface area contributed by atoms with Crippen LogP contribution in [0.4, 0.5) is 10.1 Å². The van der Waals surface area contributed by atoms with E-state index in [-0.39, 0.29) is 17.3 Å². The molecular weight excluding hydrogens is 573 g/mol. The molecule has 40 heavy (non-hydrogen) atoms. The van der Waals surface area contributed by atoms with Gasteiger partial charge in [0.2, 0.25) is 5.91 Å². The number of rotatable bonds is 6. The van der Waals surface area contributed by atoms with Crippen LogP contribution in [0.5, 0.6) is 0 Å². The number of amides is 1. The molecule has 2 aliphatic heterocycles. The predicted molar refractivity (Wildman–Crippen MR) is 157 cm³/mol. The predicted octanol–water partition coefficient (Wildman–Crippen LogP) is 4.92. The zero-order valence-corrected chi connectivity index (χ0v) is 23.9. The zero-order valence-electron chi connectivity index (χ0n) is 22.3. The molecule has 0 radical (unpaired) electrons. The summed E-state index contributed by atoms with van der Waals surface area (Å²) in [6.45, 7) is 2.96. The van der Waals surface area contributed by atoms with Gasteiger partial charge in [-0.2, -0.15) is 0 Å². The number of likely N-dealkylation sites (tertiary alicyclic amines) is 1. The fourth-order valence-electron chi connectivity index (χ4n) is 6.07.